The summed E-state index contributed by atoms with van der Waals surface area (Å²) in [5, 5.41) is 5.37. The number of thiophene rings is 1. The number of nitrogens with zero attached hydrogens (tertiary/aromatic N) is 1. The van der Waals surface area contributed by atoms with Crippen molar-refractivity contribution in [1.29, 1.82) is 0 Å². The molecule has 0 bridgehead atoms. The van der Waals surface area contributed by atoms with Crippen molar-refractivity contribution in [3.05, 3.63) is 22.4 Å². The maximum absolute atomic E-state index is 12.8. The molecule has 1 saturated heterocycles. The van der Waals surface area contributed by atoms with Gasteiger partial charge in [-0.1, -0.05) is 6.07 Å². The molecule has 6 heteroatoms. The molecule has 120 valence electrons. The highest BCUT2D eigenvalue weighted by Crippen LogP contribution is 2.25. The zero-order valence-electron chi connectivity index (χ0n) is 12.8. The molecule has 0 aromatic carbocycles. The molecule has 0 atom stereocenters. The molecule has 1 aromatic heterocycles. The largest absolute Gasteiger partial charge is 0.368 e. The fourth-order valence-corrected chi connectivity index (χ4v) is 3.43. The van der Waals surface area contributed by atoms with Crippen LogP contribution in [0.2, 0.25) is 0 Å². The summed E-state index contributed by atoms with van der Waals surface area (Å²) in [7, 11) is 1.66. The maximum atomic E-state index is 12.8. The Bertz CT molecular complexity index is 419. The van der Waals surface area contributed by atoms with Gasteiger partial charge in [0.2, 0.25) is 0 Å². The summed E-state index contributed by atoms with van der Waals surface area (Å²) in [5.74, 6) is 0.153. The van der Waals surface area contributed by atoms with Crippen LogP contribution in [0.15, 0.2) is 17.5 Å². The van der Waals surface area contributed by atoms with Crippen molar-refractivity contribution >= 4 is 29.7 Å². The number of carbonyl (C=O) groups excluding carboxylic acids is 1. The van der Waals surface area contributed by atoms with Gasteiger partial charge in [0.15, 0.2) is 0 Å². The lowest BCUT2D eigenvalue weighted by atomic mass is 9.90. The van der Waals surface area contributed by atoms with Crippen molar-refractivity contribution in [2.75, 3.05) is 33.3 Å². The van der Waals surface area contributed by atoms with Crippen molar-refractivity contribution in [1.82, 2.24) is 10.2 Å². The highest BCUT2D eigenvalue weighted by molar-refractivity contribution is 7.09. The summed E-state index contributed by atoms with van der Waals surface area (Å²) >= 11 is 1.75. The molecule has 0 spiro atoms. The van der Waals surface area contributed by atoms with Gasteiger partial charge in [-0.15, -0.1) is 23.7 Å². The van der Waals surface area contributed by atoms with Gasteiger partial charge in [0.1, 0.15) is 5.60 Å². The number of carbonyl (C=O) groups is 1. The first-order chi connectivity index (χ1) is 9.72. The van der Waals surface area contributed by atoms with E-state index < -0.39 is 5.60 Å². The molecule has 2 heterocycles. The second-order valence-electron chi connectivity index (χ2n) is 5.16. The molecule has 0 unspecified atom stereocenters. The van der Waals surface area contributed by atoms with Crippen molar-refractivity contribution in [2.24, 2.45) is 0 Å². The molecule has 1 aromatic rings. The minimum Gasteiger partial charge on any atom is -0.368 e. The summed E-state index contributed by atoms with van der Waals surface area (Å²) in [6, 6.07) is 4.18. The van der Waals surface area contributed by atoms with Crippen molar-refractivity contribution in [3.8, 4) is 0 Å². The second kappa shape index (κ2) is 8.73. The predicted octanol–water partition coefficient (Wildman–Crippen LogP) is 2.33. The molecule has 1 N–H and O–H groups in total. The normalized spacial score (nSPS) is 17.0. The molecule has 1 fully saturated rings. The molecule has 4 nitrogen and oxygen atoms in total. The van der Waals surface area contributed by atoms with Crippen LogP contribution in [0.3, 0.4) is 0 Å². The Morgan fingerprint density at radius 1 is 1.48 bits per heavy atom. The first kappa shape index (κ1) is 18.4. The molecule has 2 rings (SSSR count). The number of methoxy groups -OCH3 is 1. The number of piperidine rings is 1. The van der Waals surface area contributed by atoms with Gasteiger partial charge in [-0.2, -0.15) is 0 Å². The summed E-state index contributed by atoms with van der Waals surface area (Å²) in [5.41, 5.74) is -0.614. The van der Waals surface area contributed by atoms with Crippen LogP contribution in [-0.2, 0) is 16.0 Å². The summed E-state index contributed by atoms with van der Waals surface area (Å²) < 4.78 is 5.63. The Kier molecular flexibility index (Phi) is 7.66. The molecule has 0 radical (unpaired) electrons. The van der Waals surface area contributed by atoms with Crippen LogP contribution >= 0.6 is 23.7 Å². The van der Waals surface area contributed by atoms with Gasteiger partial charge < -0.3 is 15.0 Å². The molecular weight excluding hydrogens is 308 g/mol. The van der Waals surface area contributed by atoms with Crippen molar-refractivity contribution < 1.29 is 9.53 Å². The first-order valence-corrected chi connectivity index (χ1v) is 8.17. The Labute approximate surface area is 137 Å². The highest BCUT2D eigenvalue weighted by Gasteiger charge is 2.41. The van der Waals surface area contributed by atoms with Crippen molar-refractivity contribution in [3.63, 3.8) is 0 Å². The minimum atomic E-state index is -0.614. The van der Waals surface area contributed by atoms with Gasteiger partial charge in [-0.05, 0) is 50.7 Å². The minimum absolute atomic E-state index is 0. The number of rotatable bonds is 6. The SMILES string of the molecule is CCN(CCc1cccs1)C(=O)C1(OC)CCNCC1.Cl. The van der Waals surface area contributed by atoms with Gasteiger partial charge in [0, 0.05) is 25.1 Å². The summed E-state index contributed by atoms with van der Waals surface area (Å²) in [6.45, 7) is 5.25. The fourth-order valence-electron chi connectivity index (χ4n) is 2.73. The van der Waals surface area contributed by atoms with Gasteiger partial charge in [-0.3, -0.25) is 4.79 Å². The van der Waals surface area contributed by atoms with Gasteiger partial charge in [0.05, 0.1) is 0 Å². The standard InChI is InChI=1S/C15H24N2O2S.ClH/c1-3-17(11-6-13-5-4-12-20-13)14(18)15(19-2)7-9-16-10-8-15;/h4-5,12,16H,3,6-11H2,1-2H3;1H. The number of hydrogen-bond donors (Lipinski definition) is 1. The highest BCUT2D eigenvalue weighted by atomic mass is 35.5. The Morgan fingerprint density at radius 3 is 2.71 bits per heavy atom. The fraction of sp³-hybridized carbons (Fsp3) is 0.667. The van der Waals surface area contributed by atoms with E-state index in [1.54, 1.807) is 18.4 Å². The zero-order valence-corrected chi connectivity index (χ0v) is 14.4. The average Bonchev–Trinajstić information content (AvgIpc) is 3.01. The van der Waals surface area contributed by atoms with Crippen molar-refractivity contribution in [2.45, 2.75) is 31.8 Å². The third-order valence-corrected chi connectivity index (χ3v) is 5.01. The van der Waals surface area contributed by atoms with Crippen LogP contribution in [0, 0.1) is 0 Å². The number of likely N-dealkylation sites (N-methyl/N-ethyl adjacent to an activating group) is 1. The maximum Gasteiger partial charge on any atom is 0.254 e. The molecule has 21 heavy (non-hydrogen) atoms. The summed E-state index contributed by atoms with van der Waals surface area (Å²) in [6.07, 6.45) is 2.45. The van der Waals surface area contributed by atoms with E-state index in [0.717, 1.165) is 45.4 Å². The van der Waals surface area contributed by atoms with Crippen LogP contribution in [0.5, 0.6) is 0 Å². The smallest absolute Gasteiger partial charge is 0.254 e. The molecule has 0 aliphatic carbocycles. The summed E-state index contributed by atoms with van der Waals surface area (Å²) in [4.78, 5) is 16.1. The van der Waals surface area contributed by atoms with Crippen LogP contribution in [-0.4, -0.2) is 49.7 Å². The molecule has 1 aliphatic heterocycles. The quantitative estimate of drug-likeness (QED) is 0.869. The number of halogens is 1. The Hall–Kier alpha value is -0.620. The zero-order chi connectivity index (χ0) is 14.4. The van der Waals surface area contributed by atoms with E-state index in [1.807, 2.05) is 11.8 Å². The predicted molar refractivity (Wildman–Crippen MR) is 89.4 cm³/mol. The van der Waals surface area contributed by atoms with E-state index >= 15 is 0 Å². The number of hydrogen-bond acceptors (Lipinski definition) is 4. The van der Waals surface area contributed by atoms with E-state index in [1.165, 1.54) is 4.88 Å². The monoisotopic (exact) mass is 332 g/mol. The van der Waals surface area contributed by atoms with E-state index in [2.05, 4.69) is 22.8 Å². The number of amides is 1. The van der Waals surface area contributed by atoms with E-state index in [-0.39, 0.29) is 18.3 Å². The van der Waals surface area contributed by atoms with Crippen LogP contribution in [0.25, 0.3) is 0 Å². The van der Waals surface area contributed by atoms with Gasteiger partial charge >= 0.3 is 0 Å². The van der Waals surface area contributed by atoms with Gasteiger partial charge in [0.25, 0.3) is 5.91 Å². The van der Waals surface area contributed by atoms with E-state index in [4.69, 9.17) is 4.74 Å². The number of nitrogens with one attached hydrogen (secondary N) is 1. The molecule has 1 amide bonds. The Morgan fingerprint density at radius 2 is 2.19 bits per heavy atom. The number of ether oxygens (including phenoxy) is 1. The van der Waals surface area contributed by atoms with Crippen LogP contribution < -0.4 is 5.32 Å². The molecule has 0 saturated carbocycles. The lowest BCUT2D eigenvalue weighted by molar-refractivity contribution is -0.158. The topological polar surface area (TPSA) is 41.6 Å². The van der Waals surface area contributed by atoms with E-state index in [9.17, 15) is 4.79 Å². The van der Waals surface area contributed by atoms with Crippen LogP contribution in [0.4, 0.5) is 0 Å². The first-order valence-electron chi connectivity index (χ1n) is 7.29. The molecular formula is C15H25ClN2O2S. The van der Waals surface area contributed by atoms with E-state index in [0.29, 0.717) is 0 Å². The second-order valence-corrected chi connectivity index (χ2v) is 6.19. The third kappa shape index (κ3) is 4.42. The van der Waals surface area contributed by atoms with Gasteiger partial charge in [-0.25, -0.2) is 0 Å². The lowest BCUT2D eigenvalue weighted by Crippen LogP contribution is -2.55. The molecule has 1 aliphatic rings. The van der Waals surface area contributed by atoms with Crippen LogP contribution in [0.1, 0.15) is 24.6 Å². The third-order valence-electron chi connectivity index (χ3n) is 4.07. The Balaban J connectivity index is 0.00000220. The lowest BCUT2D eigenvalue weighted by Gasteiger charge is -2.38. The average molecular weight is 333 g/mol.